The lowest BCUT2D eigenvalue weighted by atomic mass is 10.1. The number of carbonyl (C=O) groups excluding carboxylic acids is 3. The lowest BCUT2D eigenvalue weighted by molar-refractivity contribution is -0.144. The maximum absolute atomic E-state index is 13.5. The van der Waals surface area contributed by atoms with E-state index in [1.54, 1.807) is 0 Å². The molecule has 11 nitrogen and oxygen atoms in total. The molecule has 2 fully saturated rings. The maximum atomic E-state index is 13.5. The van der Waals surface area contributed by atoms with Gasteiger partial charge >= 0.3 is 18.0 Å². The lowest BCUT2D eigenvalue weighted by Gasteiger charge is -2.46. The molecule has 2 unspecified atom stereocenters. The van der Waals surface area contributed by atoms with Gasteiger partial charge in [-0.3, -0.25) is 19.9 Å². The van der Waals surface area contributed by atoms with E-state index in [1.165, 1.54) is 10.5 Å². The van der Waals surface area contributed by atoms with Crippen molar-refractivity contribution >= 4 is 18.0 Å². The zero-order chi connectivity index (χ0) is 25.7. The monoisotopic (exact) mass is 495 g/mol. The molecule has 4 amide bonds. The van der Waals surface area contributed by atoms with E-state index < -0.39 is 24.3 Å². The van der Waals surface area contributed by atoms with Crippen LogP contribution in [0.3, 0.4) is 0 Å². The summed E-state index contributed by atoms with van der Waals surface area (Å²) >= 11 is 0. The van der Waals surface area contributed by atoms with Crippen molar-refractivity contribution in [2.45, 2.75) is 45.2 Å². The SMILES string of the molecule is Cc1ccc(CN2C(=O)N(CCC(=O)ON)C(=O)N(N)C2NC2CCN(Cc3ccccc3)C2)cc1. The number of likely N-dealkylation sites (tertiary alicyclic amines) is 1. The Hall–Kier alpha value is -3.51. The zero-order valence-electron chi connectivity index (χ0n) is 20.4. The molecule has 0 bridgehead atoms. The van der Waals surface area contributed by atoms with Crippen LogP contribution in [-0.4, -0.2) is 69.7 Å². The Kier molecular flexibility index (Phi) is 8.16. The molecule has 2 aliphatic heterocycles. The minimum atomic E-state index is -0.842. The molecule has 11 heteroatoms. The van der Waals surface area contributed by atoms with Crippen LogP contribution in [0.15, 0.2) is 54.6 Å². The Morgan fingerprint density at radius 2 is 1.72 bits per heavy atom. The van der Waals surface area contributed by atoms with Crippen molar-refractivity contribution in [2.24, 2.45) is 11.7 Å². The molecular formula is C25H33N7O4. The topological polar surface area (TPSA) is 137 Å². The van der Waals surface area contributed by atoms with Gasteiger partial charge in [0, 0.05) is 32.2 Å². The van der Waals surface area contributed by atoms with Crippen molar-refractivity contribution in [3.8, 4) is 0 Å². The first kappa shape index (κ1) is 25.6. The summed E-state index contributed by atoms with van der Waals surface area (Å²) in [5, 5.41) is 4.44. The summed E-state index contributed by atoms with van der Waals surface area (Å²) in [5.41, 5.74) is 3.22. The van der Waals surface area contributed by atoms with Crippen LogP contribution in [0.25, 0.3) is 0 Å². The first-order chi connectivity index (χ1) is 17.4. The van der Waals surface area contributed by atoms with Gasteiger partial charge in [-0.2, -0.15) is 5.90 Å². The standard InChI is InChI=1S/C25H33N7O4/c1-18-7-9-20(10-8-18)16-31-23(32(26)25(35)30(24(31)34)14-12-22(33)36-27)28-21-11-13-29(17-21)15-19-5-3-2-4-6-19/h2-10,21,23,28H,11-17,26-27H2,1H3. The first-order valence-electron chi connectivity index (χ1n) is 12.0. The molecule has 0 saturated carbocycles. The van der Waals surface area contributed by atoms with E-state index in [0.29, 0.717) is 0 Å². The number of hydrogen-bond acceptors (Lipinski definition) is 8. The van der Waals surface area contributed by atoms with Gasteiger partial charge in [0.05, 0.1) is 13.0 Å². The van der Waals surface area contributed by atoms with Gasteiger partial charge in [-0.1, -0.05) is 60.2 Å². The molecule has 2 atom stereocenters. The van der Waals surface area contributed by atoms with Gasteiger partial charge in [0.25, 0.3) is 0 Å². The van der Waals surface area contributed by atoms with Crippen LogP contribution in [-0.2, 0) is 22.7 Å². The fourth-order valence-electron chi connectivity index (χ4n) is 4.57. The van der Waals surface area contributed by atoms with Gasteiger partial charge in [-0.25, -0.2) is 25.3 Å². The summed E-state index contributed by atoms with van der Waals surface area (Å²) in [4.78, 5) is 47.0. The smallest absolute Gasteiger partial charge is 0.345 e. The Morgan fingerprint density at radius 3 is 2.42 bits per heavy atom. The highest BCUT2D eigenvalue weighted by Gasteiger charge is 2.44. The number of nitrogens with two attached hydrogens (primary N) is 2. The van der Waals surface area contributed by atoms with Crippen molar-refractivity contribution in [1.29, 1.82) is 0 Å². The number of imide groups is 1. The van der Waals surface area contributed by atoms with Crippen molar-refractivity contribution in [2.75, 3.05) is 19.6 Å². The first-order valence-corrected chi connectivity index (χ1v) is 12.0. The van der Waals surface area contributed by atoms with Gasteiger partial charge in [-0.05, 0) is 24.5 Å². The van der Waals surface area contributed by atoms with Crippen LogP contribution < -0.4 is 17.1 Å². The zero-order valence-corrected chi connectivity index (χ0v) is 20.4. The molecule has 2 aliphatic rings. The Bertz CT molecular complexity index is 1070. The molecule has 2 aromatic rings. The minimum absolute atomic E-state index is 0.0321. The second kappa shape index (κ2) is 11.5. The predicted octanol–water partition coefficient (Wildman–Crippen LogP) is 1.48. The molecule has 0 radical (unpaired) electrons. The van der Waals surface area contributed by atoms with Crippen molar-refractivity contribution in [3.05, 3.63) is 71.3 Å². The van der Waals surface area contributed by atoms with E-state index in [1.807, 2.05) is 49.4 Å². The number of carbonyl (C=O) groups is 3. The van der Waals surface area contributed by atoms with Gasteiger partial charge < -0.3 is 4.84 Å². The summed E-state index contributed by atoms with van der Waals surface area (Å²) in [6.45, 7) is 4.50. The van der Waals surface area contributed by atoms with Gasteiger partial charge in [0.2, 0.25) is 0 Å². The van der Waals surface area contributed by atoms with Crippen LogP contribution in [0, 0.1) is 6.92 Å². The van der Waals surface area contributed by atoms with Crippen LogP contribution in [0.1, 0.15) is 29.5 Å². The predicted molar refractivity (Wildman–Crippen MR) is 132 cm³/mol. The van der Waals surface area contributed by atoms with Crippen LogP contribution in [0.5, 0.6) is 0 Å². The Balaban J connectivity index is 1.49. The second-order valence-electron chi connectivity index (χ2n) is 9.22. The number of amides is 4. The number of rotatable bonds is 9. The average Bonchev–Trinajstić information content (AvgIpc) is 3.33. The van der Waals surface area contributed by atoms with E-state index in [9.17, 15) is 14.4 Å². The van der Waals surface area contributed by atoms with E-state index in [-0.39, 0.29) is 25.6 Å². The molecule has 36 heavy (non-hydrogen) atoms. The minimum Gasteiger partial charge on any atom is -0.373 e. The fraction of sp³-hybridized carbons (Fsp3) is 0.400. The molecule has 2 heterocycles. The summed E-state index contributed by atoms with van der Waals surface area (Å²) in [7, 11) is 0. The largest absolute Gasteiger partial charge is 0.373 e. The number of hydrogen-bond donors (Lipinski definition) is 3. The molecule has 192 valence electrons. The van der Waals surface area contributed by atoms with E-state index in [2.05, 4.69) is 27.2 Å². The number of hydrazine groups is 1. The van der Waals surface area contributed by atoms with Crippen LogP contribution >= 0.6 is 0 Å². The lowest BCUT2D eigenvalue weighted by Crippen LogP contribution is -2.73. The highest BCUT2D eigenvalue weighted by atomic mass is 16.7. The van der Waals surface area contributed by atoms with Gasteiger partial charge in [0.1, 0.15) is 0 Å². The molecular weight excluding hydrogens is 462 g/mol. The second-order valence-corrected chi connectivity index (χ2v) is 9.22. The summed E-state index contributed by atoms with van der Waals surface area (Å²) in [6.07, 6.45) is -0.218. The van der Waals surface area contributed by atoms with Crippen molar-refractivity contribution in [3.63, 3.8) is 0 Å². The van der Waals surface area contributed by atoms with E-state index >= 15 is 0 Å². The molecule has 0 aromatic heterocycles. The third kappa shape index (κ3) is 6.00. The third-order valence-corrected chi connectivity index (χ3v) is 6.54. The number of urea groups is 2. The molecule has 2 aromatic carbocycles. The normalized spacial score (nSPS) is 20.8. The van der Waals surface area contributed by atoms with Gasteiger partial charge in [0.15, 0.2) is 6.29 Å². The molecule has 0 aliphatic carbocycles. The number of aryl methyl sites for hydroxylation is 1. The molecule has 2 saturated heterocycles. The maximum Gasteiger partial charge on any atom is 0.345 e. The van der Waals surface area contributed by atoms with Crippen LogP contribution in [0.4, 0.5) is 9.59 Å². The van der Waals surface area contributed by atoms with E-state index in [0.717, 1.165) is 47.1 Å². The van der Waals surface area contributed by atoms with Crippen LogP contribution in [0.2, 0.25) is 0 Å². The summed E-state index contributed by atoms with van der Waals surface area (Å²) in [6, 6.07) is 16.8. The Labute approximate surface area is 210 Å². The molecule has 5 N–H and O–H groups in total. The summed E-state index contributed by atoms with van der Waals surface area (Å²) in [5.74, 6) is 10.4. The number of nitrogens with zero attached hydrogens (tertiary/aromatic N) is 4. The van der Waals surface area contributed by atoms with E-state index in [4.69, 9.17) is 11.7 Å². The fourth-order valence-corrected chi connectivity index (χ4v) is 4.57. The third-order valence-electron chi connectivity index (χ3n) is 6.54. The summed E-state index contributed by atoms with van der Waals surface area (Å²) < 4.78 is 0. The highest BCUT2D eigenvalue weighted by molar-refractivity contribution is 5.96. The van der Waals surface area contributed by atoms with Crippen molar-refractivity contribution < 1.29 is 19.2 Å². The number of nitrogens with one attached hydrogen (secondary N) is 1. The highest BCUT2D eigenvalue weighted by Crippen LogP contribution is 2.22. The number of benzene rings is 2. The van der Waals surface area contributed by atoms with Crippen molar-refractivity contribution in [1.82, 2.24) is 25.0 Å². The van der Waals surface area contributed by atoms with Gasteiger partial charge in [-0.15, -0.1) is 0 Å². The quantitative estimate of drug-likeness (QED) is 0.270. The average molecular weight is 496 g/mol. The molecule has 4 rings (SSSR count). The molecule has 0 spiro atoms. The Morgan fingerprint density at radius 1 is 1.03 bits per heavy atom.